The molecule has 0 amide bonds. The third-order valence-corrected chi connectivity index (χ3v) is 10.8. The molecule has 61 heavy (non-hydrogen) atoms. The van der Waals surface area contributed by atoms with Crippen LogP contribution in [0.25, 0.3) is 0 Å². The van der Waals surface area contributed by atoms with Gasteiger partial charge in [-0.1, -0.05) is 125 Å². The Kier molecular flexibility index (Phi) is 31.9. The van der Waals surface area contributed by atoms with E-state index in [0.29, 0.717) is 38.5 Å². The lowest BCUT2D eigenvalue weighted by molar-refractivity contribution is -0.161. The van der Waals surface area contributed by atoms with E-state index >= 15 is 0 Å². The SMILES string of the molecule is CC/C=C\C/C=C\C/C=C\C/C=C\C/C=C\CCCC(=O)OC[C@H](COP(=O)(O)OC[C@H](N)C(=O)O)OC(=O)CCCCCC[C@H]1[C@@H](O)CC(=O)[C@@H]1/C=C/[C@@H](O)CCCCC. The van der Waals surface area contributed by atoms with E-state index in [4.69, 9.17) is 24.8 Å². The maximum absolute atomic E-state index is 12.8. The molecule has 0 aromatic carbocycles. The molecule has 0 heterocycles. The number of phosphoric ester groups is 1. The summed E-state index contributed by atoms with van der Waals surface area (Å²) in [6, 6.07) is -1.57. The van der Waals surface area contributed by atoms with Crippen molar-refractivity contribution in [3.05, 3.63) is 72.9 Å². The van der Waals surface area contributed by atoms with Crippen molar-refractivity contribution in [2.75, 3.05) is 19.8 Å². The summed E-state index contributed by atoms with van der Waals surface area (Å²) < 4.78 is 32.6. The van der Waals surface area contributed by atoms with Gasteiger partial charge in [-0.05, 0) is 70.1 Å². The van der Waals surface area contributed by atoms with Crippen LogP contribution in [0.4, 0.5) is 0 Å². The van der Waals surface area contributed by atoms with Crippen molar-refractivity contribution < 1.29 is 62.5 Å². The molecule has 6 N–H and O–H groups in total. The number of ketones is 1. The summed E-state index contributed by atoms with van der Waals surface area (Å²) in [7, 11) is -4.80. The zero-order valence-corrected chi connectivity index (χ0v) is 37.3. The molecule has 1 aliphatic rings. The molecule has 7 atom stereocenters. The van der Waals surface area contributed by atoms with Crippen molar-refractivity contribution in [3.8, 4) is 0 Å². The first-order valence-electron chi connectivity index (χ1n) is 22.1. The summed E-state index contributed by atoms with van der Waals surface area (Å²) >= 11 is 0. The zero-order chi connectivity index (χ0) is 45.1. The van der Waals surface area contributed by atoms with E-state index in [9.17, 15) is 38.8 Å². The molecule has 0 radical (unpaired) electrons. The number of aliphatic hydroxyl groups excluding tert-OH is 2. The molecule has 1 fully saturated rings. The number of carbonyl (C=O) groups excluding carboxylic acids is 3. The number of allylic oxidation sites excluding steroid dienone is 11. The summed E-state index contributed by atoms with van der Waals surface area (Å²) in [6.45, 7) is 2.27. The summed E-state index contributed by atoms with van der Waals surface area (Å²) in [4.78, 5) is 58.7. The number of carbonyl (C=O) groups is 4. The van der Waals surface area contributed by atoms with E-state index in [-0.39, 0.29) is 31.0 Å². The van der Waals surface area contributed by atoms with E-state index in [1.54, 1.807) is 12.2 Å². The highest BCUT2D eigenvalue weighted by Gasteiger charge is 2.39. The molecule has 346 valence electrons. The van der Waals surface area contributed by atoms with Gasteiger partial charge in [-0.2, -0.15) is 0 Å². The van der Waals surface area contributed by atoms with E-state index < -0.39 is 75.8 Å². The van der Waals surface area contributed by atoms with Crippen molar-refractivity contribution >= 4 is 31.5 Å². The second kappa shape index (κ2) is 35.0. The first-order chi connectivity index (χ1) is 29.3. The number of ether oxygens (including phenoxy) is 2. The maximum atomic E-state index is 12.8. The van der Waals surface area contributed by atoms with Gasteiger partial charge in [0.05, 0.1) is 25.4 Å². The van der Waals surface area contributed by atoms with Gasteiger partial charge in [0.25, 0.3) is 0 Å². The Bertz CT molecular complexity index is 1470. The fourth-order valence-electron chi connectivity index (χ4n) is 6.36. The number of esters is 2. The molecule has 1 saturated carbocycles. The summed E-state index contributed by atoms with van der Waals surface area (Å²) in [6.07, 6.45) is 34.6. The Balaban J connectivity index is 2.52. The minimum atomic E-state index is -4.80. The average molecular weight is 880 g/mol. The highest BCUT2D eigenvalue weighted by Crippen LogP contribution is 2.43. The van der Waals surface area contributed by atoms with Crippen LogP contribution in [-0.2, 0) is 42.3 Å². The van der Waals surface area contributed by atoms with Crippen LogP contribution in [0.1, 0.15) is 136 Å². The molecule has 15 heteroatoms. The van der Waals surface area contributed by atoms with Crippen LogP contribution in [0, 0.1) is 11.8 Å². The van der Waals surface area contributed by atoms with Crippen LogP contribution in [0.3, 0.4) is 0 Å². The highest BCUT2D eigenvalue weighted by atomic mass is 31.2. The molecule has 0 aromatic rings. The first-order valence-corrected chi connectivity index (χ1v) is 23.6. The van der Waals surface area contributed by atoms with Crippen LogP contribution in [0.2, 0.25) is 0 Å². The van der Waals surface area contributed by atoms with Crippen LogP contribution in [0.5, 0.6) is 0 Å². The predicted molar refractivity (Wildman–Crippen MR) is 236 cm³/mol. The Morgan fingerprint density at radius 3 is 2.00 bits per heavy atom. The molecule has 0 spiro atoms. The van der Waals surface area contributed by atoms with Crippen molar-refractivity contribution in [1.82, 2.24) is 0 Å². The first kappa shape index (κ1) is 55.5. The van der Waals surface area contributed by atoms with Crippen LogP contribution in [0.15, 0.2) is 72.9 Å². The minimum absolute atomic E-state index is 0.00423. The molecule has 0 saturated heterocycles. The third-order valence-electron chi connectivity index (χ3n) is 9.85. The van der Waals surface area contributed by atoms with E-state index in [1.807, 2.05) is 12.2 Å². The number of hydrogen-bond acceptors (Lipinski definition) is 12. The number of hydrogen-bond donors (Lipinski definition) is 5. The number of carboxylic acids is 1. The summed E-state index contributed by atoms with van der Waals surface area (Å²) in [5, 5.41) is 29.7. The van der Waals surface area contributed by atoms with Gasteiger partial charge in [0.15, 0.2) is 6.10 Å². The second-order valence-corrected chi connectivity index (χ2v) is 16.7. The summed E-state index contributed by atoms with van der Waals surface area (Å²) in [5.41, 5.74) is 5.33. The lowest BCUT2D eigenvalue weighted by Gasteiger charge is -2.20. The lowest BCUT2D eigenvalue weighted by Crippen LogP contribution is -2.34. The highest BCUT2D eigenvalue weighted by molar-refractivity contribution is 7.47. The largest absolute Gasteiger partial charge is 0.480 e. The van der Waals surface area contributed by atoms with Gasteiger partial charge in [0.1, 0.15) is 18.4 Å². The number of aliphatic hydroxyl groups is 2. The van der Waals surface area contributed by atoms with Crippen molar-refractivity contribution in [2.45, 2.75) is 160 Å². The molecular formula is C46H74NO13P. The second-order valence-electron chi connectivity index (χ2n) is 15.2. The van der Waals surface area contributed by atoms with Crippen molar-refractivity contribution in [2.24, 2.45) is 17.6 Å². The number of phosphoric acid groups is 1. The Morgan fingerprint density at radius 1 is 0.787 bits per heavy atom. The van der Waals surface area contributed by atoms with Crippen molar-refractivity contribution in [1.29, 1.82) is 0 Å². The number of aliphatic carboxylic acids is 1. The van der Waals surface area contributed by atoms with Crippen LogP contribution < -0.4 is 5.73 Å². The molecule has 0 aromatic heterocycles. The molecule has 1 unspecified atom stereocenters. The maximum Gasteiger partial charge on any atom is 0.472 e. The van der Waals surface area contributed by atoms with Crippen molar-refractivity contribution in [3.63, 3.8) is 0 Å². The molecular weight excluding hydrogens is 805 g/mol. The van der Waals surface area contributed by atoms with Gasteiger partial charge >= 0.3 is 25.7 Å². The number of nitrogens with two attached hydrogens (primary N) is 1. The van der Waals surface area contributed by atoms with Gasteiger partial charge < -0.3 is 35.4 Å². The number of unbranched alkanes of at least 4 members (excludes halogenated alkanes) is 6. The van der Waals surface area contributed by atoms with E-state index in [1.165, 1.54) is 0 Å². The molecule has 1 rings (SSSR count). The molecule has 0 bridgehead atoms. The van der Waals surface area contributed by atoms with Gasteiger partial charge in [0, 0.05) is 25.2 Å². The lowest BCUT2D eigenvalue weighted by atomic mass is 9.88. The minimum Gasteiger partial charge on any atom is -0.480 e. The van der Waals surface area contributed by atoms with Gasteiger partial charge in [-0.15, -0.1) is 0 Å². The molecule has 0 aliphatic heterocycles. The fourth-order valence-corrected chi connectivity index (χ4v) is 7.13. The van der Waals surface area contributed by atoms with Gasteiger partial charge in [-0.25, -0.2) is 4.57 Å². The number of rotatable bonds is 36. The number of Topliss-reactive ketones (excluding diaryl/α,β-unsaturated/α-hetero) is 1. The fraction of sp³-hybridized carbons (Fsp3) is 0.652. The van der Waals surface area contributed by atoms with E-state index in [2.05, 4.69) is 67.0 Å². The topological polar surface area (TPSA) is 229 Å². The Hall–Kier alpha value is -3.49. The normalized spacial score (nSPS) is 19.8. The molecule has 14 nitrogen and oxygen atoms in total. The smallest absolute Gasteiger partial charge is 0.472 e. The Morgan fingerprint density at radius 2 is 1.38 bits per heavy atom. The van der Waals surface area contributed by atoms with Crippen LogP contribution >= 0.6 is 7.82 Å². The predicted octanol–water partition coefficient (Wildman–Crippen LogP) is 8.31. The van der Waals surface area contributed by atoms with Crippen LogP contribution in [-0.4, -0.2) is 88.1 Å². The van der Waals surface area contributed by atoms with E-state index in [0.717, 1.165) is 64.2 Å². The Labute approximate surface area is 363 Å². The standard InChI is InChI=1S/C46H74NO13P/c1-3-5-7-8-9-10-11-12-13-14-15-16-17-18-19-20-25-29-44(51)57-34-38(35-58-61(55,56)59-36-41(47)46(53)54)60-45(52)30-26-22-21-24-28-39-40(43(50)33-42(39)49)32-31-37(48)27-23-6-4-2/h5,7,9-10,12-13,15-16,18-19,31-32,37-42,48-49H,3-4,6,8,11,14,17,20-30,33-36,47H2,1-2H3,(H,53,54)(H,55,56)/b7-5-,10-9-,13-12-,16-15-,19-18-,32-31+/t37-,38+,39+,40+,41-,42-/m0/s1. The summed E-state index contributed by atoms with van der Waals surface area (Å²) in [5.74, 6) is -3.35. The quantitative estimate of drug-likeness (QED) is 0.0173. The monoisotopic (exact) mass is 879 g/mol. The third kappa shape index (κ3) is 29.4. The zero-order valence-electron chi connectivity index (χ0n) is 36.4. The van der Waals surface area contributed by atoms with Gasteiger partial charge in [-0.3, -0.25) is 28.2 Å². The van der Waals surface area contributed by atoms with Gasteiger partial charge in [0.2, 0.25) is 0 Å². The molecule has 1 aliphatic carbocycles. The average Bonchev–Trinajstić information content (AvgIpc) is 3.49. The number of carboxylic acid groups (broad SMARTS) is 1.